The third kappa shape index (κ3) is 7.40. The van der Waals surface area contributed by atoms with Gasteiger partial charge < -0.3 is 31.3 Å². The number of nitrogens with one attached hydrogen (secondary N) is 4. The molecular weight excluding hydrogens is 458 g/mol. The standard InChI is InChI=1S/C23H37N5O7/c1-5-13(4)19-23(35)26-18(12(2)3)22(34)25-14(8-9-17(30)31)20(32)24-11-16(29)28-10-6-7-15(28)21(33)27-19/h12-15,18-19H,5-11H2,1-4H3,(H,24,32)(H,25,34)(H,26,35)(H,27,33)(H,30,31)/t13-,14-,15+,18-,19-/m0/s1. The van der Waals surface area contributed by atoms with Crippen molar-refractivity contribution in [2.45, 2.75) is 84.0 Å². The van der Waals surface area contributed by atoms with Gasteiger partial charge in [-0.1, -0.05) is 34.1 Å². The van der Waals surface area contributed by atoms with Crippen LogP contribution in [0.5, 0.6) is 0 Å². The number of carboxylic acid groups (broad SMARTS) is 1. The Morgan fingerprint density at radius 2 is 1.60 bits per heavy atom. The van der Waals surface area contributed by atoms with Gasteiger partial charge in [-0.2, -0.15) is 0 Å². The van der Waals surface area contributed by atoms with Crippen LogP contribution in [0.15, 0.2) is 0 Å². The van der Waals surface area contributed by atoms with Crippen molar-refractivity contribution in [3.05, 3.63) is 0 Å². The first kappa shape index (κ1) is 28.1. The first-order valence-electron chi connectivity index (χ1n) is 12.2. The molecule has 0 spiro atoms. The molecular formula is C23H37N5O7. The van der Waals surface area contributed by atoms with Gasteiger partial charge in [-0.15, -0.1) is 0 Å². The molecule has 0 aliphatic carbocycles. The average Bonchev–Trinajstić information content (AvgIpc) is 3.30. The first-order valence-corrected chi connectivity index (χ1v) is 12.2. The van der Waals surface area contributed by atoms with Crippen LogP contribution in [0.4, 0.5) is 0 Å². The van der Waals surface area contributed by atoms with Crippen LogP contribution >= 0.6 is 0 Å². The first-order chi connectivity index (χ1) is 16.5. The lowest BCUT2D eigenvalue weighted by atomic mass is 9.96. The second-order valence-corrected chi connectivity index (χ2v) is 9.56. The number of amides is 5. The van der Waals surface area contributed by atoms with Crippen LogP contribution in [0, 0.1) is 11.8 Å². The van der Waals surface area contributed by atoms with Gasteiger partial charge >= 0.3 is 5.97 Å². The molecule has 2 aliphatic rings. The number of aliphatic carboxylic acids is 1. The highest BCUT2D eigenvalue weighted by Crippen LogP contribution is 2.19. The van der Waals surface area contributed by atoms with Gasteiger partial charge in [0.05, 0.1) is 6.54 Å². The number of carbonyl (C=O) groups is 6. The van der Waals surface area contributed by atoms with Crippen molar-refractivity contribution in [3.8, 4) is 0 Å². The maximum absolute atomic E-state index is 13.2. The molecule has 5 N–H and O–H groups in total. The molecule has 35 heavy (non-hydrogen) atoms. The number of rotatable bonds is 6. The van der Waals surface area contributed by atoms with Gasteiger partial charge in [-0.25, -0.2) is 0 Å². The molecule has 0 aromatic heterocycles. The van der Waals surface area contributed by atoms with Crippen LogP contribution in [0.2, 0.25) is 0 Å². The second kappa shape index (κ2) is 12.5. The molecule has 2 fully saturated rings. The van der Waals surface area contributed by atoms with Gasteiger partial charge in [-0.05, 0) is 31.1 Å². The zero-order valence-corrected chi connectivity index (χ0v) is 20.8. The number of carboxylic acids is 1. The van der Waals surface area contributed by atoms with E-state index in [9.17, 15) is 28.8 Å². The fraction of sp³-hybridized carbons (Fsp3) is 0.739. The molecule has 2 aliphatic heterocycles. The molecule has 0 saturated carbocycles. The van der Waals surface area contributed by atoms with E-state index < -0.39 is 66.2 Å². The summed E-state index contributed by atoms with van der Waals surface area (Å²) < 4.78 is 0. The lowest BCUT2D eigenvalue weighted by molar-refractivity contribution is -0.140. The Bertz CT molecular complexity index is 846. The minimum absolute atomic E-state index is 0.193. The van der Waals surface area contributed by atoms with E-state index in [0.717, 1.165) is 0 Å². The molecule has 0 bridgehead atoms. The summed E-state index contributed by atoms with van der Waals surface area (Å²) in [6.45, 7) is 7.06. The van der Waals surface area contributed by atoms with E-state index in [1.54, 1.807) is 13.8 Å². The summed E-state index contributed by atoms with van der Waals surface area (Å²) in [5.74, 6) is -4.60. The minimum Gasteiger partial charge on any atom is -0.481 e. The Hall–Kier alpha value is -3.18. The average molecular weight is 496 g/mol. The van der Waals surface area contributed by atoms with Crippen LogP contribution in [0.1, 0.15) is 59.8 Å². The summed E-state index contributed by atoms with van der Waals surface area (Å²) in [7, 11) is 0. The lowest BCUT2D eigenvalue weighted by Gasteiger charge is -2.30. The van der Waals surface area contributed by atoms with Gasteiger partial charge in [-0.3, -0.25) is 28.8 Å². The molecule has 0 aromatic carbocycles. The zero-order valence-electron chi connectivity index (χ0n) is 20.8. The fourth-order valence-corrected chi connectivity index (χ4v) is 4.25. The number of fused-ring (bicyclic) bond motifs is 1. The van der Waals surface area contributed by atoms with Crippen molar-refractivity contribution in [3.63, 3.8) is 0 Å². The summed E-state index contributed by atoms with van der Waals surface area (Å²) in [5, 5.41) is 19.5. The molecule has 0 radical (unpaired) electrons. The Labute approximate surface area is 204 Å². The molecule has 12 nitrogen and oxygen atoms in total. The van der Waals surface area contributed by atoms with E-state index >= 15 is 0 Å². The van der Waals surface area contributed by atoms with E-state index in [1.165, 1.54) is 4.90 Å². The van der Waals surface area contributed by atoms with Gasteiger partial charge in [0.15, 0.2) is 0 Å². The monoisotopic (exact) mass is 495 g/mol. The van der Waals surface area contributed by atoms with Crippen molar-refractivity contribution < 1.29 is 33.9 Å². The fourth-order valence-electron chi connectivity index (χ4n) is 4.25. The Kier molecular flexibility index (Phi) is 10.0. The van der Waals surface area contributed by atoms with Crippen LogP contribution in [0.3, 0.4) is 0 Å². The largest absolute Gasteiger partial charge is 0.481 e. The van der Waals surface area contributed by atoms with E-state index in [-0.39, 0.29) is 24.7 Å². The van der Waals surface area contributed by atoms with Crippen LogP contribution < -0.4 is 21.3 Å². The molecule has 12 heteroatoms. The van der Waals surface area contributed by atoms with E-state index in [1.807, 2.05) is 13.8 Å². The number of hydrogen-bond donors (Lipinski definition) is 5. The van der Waals surface area contributed by atoms with Crippen LogP contribution in [0.25, 0.3) is 0 Å². The number of hydrogen-bond acceptors (Lipinski definition) is 6. The molecule has 2 heterocycles. The molecule has 5 atom stereocenters. The van der Waals surface area contributed by atoms with Crippen molar-refractivity contribution >= 4 is 35.5 Å². The summed E-state index contributed by atoms with van der Waals surface area (Å²) in [4.78, 5) is 77.4. The zero-order chi connectivity index (χ0) is 26.3. The smallest absolute Gasteiger partial charge is 0.303 e. The SMILES string of the molecule is CC[C@H](C)[C@@H]1NC(=O)[C@H]2CCCN2C(=O)CNC(=O)[C@H](CCC(=O)O)NC(=O)[C@H](C(C)C)NC1=O. The highest BCUT2D eigenvalue weighted by molar-refractivity contribution is 5.97. The third-order valence-electron chi connectivity index (χ3n) is 6.61. The molecule has 0 aromatic rings. The lowest BCUT2D eigenvalue weighted by Crippen LogP contribution is -2.60. The predicted octanol–water partition coefficient (Wildman–Crippen LogP) is -0.871. The number of nitrogens with zero attached hydrogens (tertiary/aromatic N) is 1. The summed E-state index contributed by atoms with van der Waals surface area (Å²) >= 11 is 0. The Morgan fingerprint density at radius 3 is 2.20 bits per heavy atom. The second-order valence-electron chi connectivity index (χ2n) is 9.56. The highest BCUT2D eigenvalue weighted by atomic mass is 16.4. The predicted molar refractivity (Wildman–Crippen MR) is 125 cm³/mol. The minimum atomic E-state index is -1.21. The summed E-state index contributed by atoms with van der Waals surface area (Å²) in [6, 6.07) is -3.94. The number of carbonyl (C=O) groups excluding carboxylic acids is 5. The van der Waals surface area contributed by atoms with Crippen molar-refractivity contribution in [2.75, 3.05) is 13.1 Å². The summed E-state index contributed by atoms with van der Waals surface area (Å²) in [6.07, 6.45) is 1.04. The van der Waals surface area contributed by atoms with Crippen LogP contribution in [-0.2, 0) is 28.8 Å². The highest BCUT2D eigenvalue weighted by Gasteiger charge is 2.38. The van der Waals surface area contributed by atoms with Crippen molar-refractivity contribution in [1.82, 2.24) is 26.2 Å². The van der Waals surface area contributed by atoms with E-state index in [2.05, 4.69) is 21.3 Å². The van der Waals surface area contributed by atoms with Crippen molar-refractivity contribution in [2.24, 2.45) is 11.8 Å². The Balaban J connectivity index is 2.42. The Morgan fingerprint density at radius 1 is 0.971 bits per heavy atom. The normalized spacial score (nSPS) is 27.7. The third-order valence-corrected chi connectivity index (χ3v) is 6.61. The molecule has 2 rings (SSSR count). The van der Waals surface area contributed by atoms with Gasteiger partial charge in [0.25, 0.3) is 0 Å². The van der Waals surface area contributed by atoms with E-state index in [0.29, 0.717) is 25.8 Å². The van der Waals surface area contributed by atoms with Crippen molar-refractivity contribution in [1.29, 1.82) is 0 Å². The maximum Gasteiger partial charge on any atom is 0.303 e. The topological polar surface area (TPSA) is 174 Å². The van der Waals surface area contributed by atoms with Crippen LogP contribution in [-0.4, -0.2) is 82.8 Å². The van der Waals surface area contributed by atoms with Gasteiger partial charge in [0.1, 0.15) is 24.2 Å². The molecule has 0 unspecified atom stereocenters. The quantitative estimate of drug-likeness (QED) is 0.318. The molecule has 2 saturated heterocycles. The summed E-state index contributed by atoms with van der Waals surface area (Å²) in [5.41, 5.74) is 0. The van der Waals surface area contributed by atoms with E-state index in [4.69, 9.17) is 5.11 Å². The van der Waals surface area contributed by atoms with Gasteiger partial charge in [0, 0.05) is 13.0 Å². The molecule has 5 amide bonds. The van der Waals surface area contributed by atoms with Gasteiger partial charge in [0.2, 0.25) is 29.5 Å². The maximum atomic E-state index is 13.2. The molecule has 196 valence electrons.